The summed E-state index contributed by atoms with van der Waals surface area (Å²) >= 11 is 0. The van der Waals surface area contributed by atoms with Gasteiger partial charge in [-0.3, -0.25) is 9.59 Å². The third-order valence-electron chi connectivity index (χ3n) is 10.1. The first kappa shape index (κ1) is 46.1. The van der Waals surface area contributed by atoms with Gasteiger partial charge in [0.2, 0.25) is 5.91 Å². The zero-order chi connectivity index (χ0) is 34.3. The molecule has 0 fully saturated rings. The van der Waals surface area contributed by atoms with Gasteiger partial charge in [0.05, 0.1) is 6.10 Å². The molecule has 0 aromatic heterocycles. The van der Waals surface area contributed by atoms with Crippen LogP contribution in [0.1, 0.15) is 251 Å². The molecule has 0 rings (SSSR count). The van der Waals surface area contributed by atoms with Crippen LogP contribution in [0.3, 0.4) is 0 Å². The Hall–Kier alpha value is -0.900. The third kappa shape index (κ3) is 39.4. The van der Waals surface area contributed by atoms with E-state index < -0.39 is 6.10 Å². The Morgan fingerprint density at radius 3 is 1.02 bits per heavy atom. The number of carbonyl (C=O) groups excluding carboxylic acids is 2. The van der Waals surface area contributed by atoms with Crippen molar-refractivity contribution in [2.75, 3.05) is 6.54 Å². The molecule has 0 saturated carbocycles. The summed E-state index contributed by atoms with van der Waals surface area (Å²) in [7, 11) is 0. The average Bonchev–Trinajstić information content (AvgIpc) is 3.07. The van der Waals surface area contributed by atoms with E-state index in [0.29, 0.717) is 18.7 Å². The van der Waals surface area contributed by atoms with Crippen LogP contribution in [0, 0.1) is 0 Å². The molecule has 4 nitrogen and oxygen atoms in total. The summed E-state index contributed by atoms with van der Waals surface area (Å²) in [6, 6.07) is 0. The Morgan fingerprint density at radius 2 is 0.681 bits per heavy atom. The zero-order valence-electron chi connectivity index (χ0n) is 32.2. The molecule has 4 heteroatoms. The molecular weight excluding hydrogens is 578 g/mol. The number of hydrogen-bond donors (Lipinski definition) is 2. The minimum Gasteiger partial charge on any atom is -0.391 e. The van der Waals surface area contributed by atoms with Crippen molar-refractivity contribution in [3.63, 3.8) is 0 Å². The van der Waals surface area contributed by atoms with Crippen molar-refractivity contribution in [3.05, 3.63) is 0 Å². The quantitative estimate of drug-likeness (QED) is 0.0641. The average molecular weight is 664 g/mol. The van der Waals surface area contributed by atoms with Crippen LogP contribution in [0.4, 0.5) is 0 Å². The minimum atomic E-state index is -0.407. The lowest BCUT2D eigenvalue weighted by molar-refractivity contribution is -0.121. The van der Waals surface area contributed by atoms with Crippen molar-refractivity contribution in [1.29, 1.82) is 0 Å². The lowest BCUT2D eigenvalue weighted by Gasteiger charge is -2.12. The molecule has 0 spiro atoms. The van der Waals surface area contributed by atoms with Gasteiger partial charge in [0.15, 0.2) is 0 Å². The molecule has 0 saturated heterocycles. The van der Waals surface area contributed by atoms with Gasteiger partial charge >= 0.3 is 0 Å². The number of aliphatic hydroxyl groups is 1. The summed E-state index contributed by atoms with van der Waals surface area (Å²) in [6.45, 7) is 4.95. The molecule has 0 aromatic rings. The van der Waals surface area contributed by atoms with E-state index in [-0.39, 0.29) is 5.91 Å². The van der Waals surface area contributed by atoms with E-state index in [1.165, 1.54) is 180 Å². The van der Waals surface area contributed by atoms with Crippen LogP contribution in [0.2, 0.25) is 0 Å². The molecule has 0 radical (unpaired) electrons. The van der Waals surface area contributed by atoms with E-state index in [0.717, 1.165) is 51.4 Å². The van der Waals surface area contributed by atoms with E-state index in [9.17, 15) is 14.7 Å². The van der Waals surface area contributed by atoms with Crippen molar-refractivity contribution in [1.82, 2.24) is 5.32 Å². The van der Waals surface area contributed by atoms with E-state index in [2.05, 4.69) is 19.2 Å². The number of Topliss-reactive ketones (excluding diaryl/α,β-unsaturated/α-hetero) is 1. The van der Waals surface area contributed by atoms with Crippen LogP contribution < -0.4 is 5.32 Å². The second kappa shape index (κ2) is 39.5. The first-order chi connectivity index (χ1) is 23.1. The predicted octanol–water partition coefficient (Wildman–Crippen LogP) is 13.5. The summed E-state index contributed by atoms with van der Waals surface area (Å²) in [4.78, 5) is 24.2. The van der Waals surface area contributed by atoms with Gasteiger partial charge in [0.1, 0.15) is 5.78 Å². The maximum Gasteiger partial charge on any atom is 0.220 e. The normalized spacial score (nSPS) is 12.1. The highest BCUT2D eigenvalue weighted by molar-refractivity contribution is 5.78. The number of ketones is 1. The fraction of sp³-hybridized carbons (Fsp3) is 0.953. The highest BCUT2D eigenvalue weighted by atomic mass is 16.3. The van der Waals surface area contributed by atoms with Gasteiger partial charge in [0, 0.05) is 25.8 Å². The largest absolute Gasteiger partial charge is 0.391 e. The number of hydrogen-bond acceptors (Lipinski definition) is 3. The van der Waals surface area contributed by atoms with Crippen molar-refractivity contribution in [2.24, 2.45) is 0 Å². The van der Waals surface area contributed by atoms with E-state index >= 15 is 0 Å². The Kier molecular flexibility index (Phi) is 38.8. The Labute approximate surface area is 295 Å². The number of unbranched alkanes of at least 4 members (excludes halogenated alkanes) is 30. The van der Waals surface area contributed by atoms with Crippen LogP contribution >= 0.6 is 0 Å². The van der Waals surface area contributed by atoms with E-state index in [1.807, 2.05) is 0 Å². The van der Waals surface area contributed by atoms with Crippen molar-refractivity contribution >= 4 is 11.7 Å². The molecule has 280 valence electrons. The fourth-order valence-electron chi connectivity index (χ4n) is 6.78. The number of aliphatic hydroxyl groups excluding tert-OH is 1. The van der Waals surface area contributed by atoms with Gasteiger partial charge in [-0.2, -0.15) is 0 Å². The van der Waals surface area contributed by atoms with Gasteiger partial charge < -0.3 is 10.4 Å². The van der Waals surface area contributed by atoms with Gasteiger partial charge in [-0.25, -0.2) is 0 Å². The first-order valence-electron chi connectivity index (χ1n) is 21.6. The van der Waals surface area contributed by atoms with Gasteiger partial charge in [-0.1, -0.05) is 206 Å². The molecule has 1 unspecified atom stereocenters. The highest BCUT2D eigenvalue weighted by Gasteiger charge is 2.07. The predicted molar refractivity (Wildman–Crippen MR) is 206 cm³/mol. The molecule has 0 bridgehead atoms. The molecule has 0 aliphatic carbocycles. The van der Waals surface area contributed by atoms with Crippen molar-refractivity contribution in [3.8, 4) is 0 Å². The monoisotopic (exact) mass is 664 g/mol. The van der Waals surface area contributed by atoms with Crippen LogP contribution in [0.25, 0.3) is 0 Å². The lowest BCUT2D eigenvalue weighted by Crippen LogP contribution is -2.31. The van der Waals surface area contributed by atoms with Crippen LogP contribution in [0.15, 0.2) is 0 Å². The SMILES string of the molecule is CCCCCCCCCCCCCCCCCCC(O)CNC(=O)CCCCCCCCCCC(=O)CCCCCCCCCCC. The molecular formula is C43H85NO3. The Balaban J connectivity index is 3.32. The number of amides is 1. The number of rotatable bonds is 40. The van der Waals surface area contributed by atoms with E-state index in [1.54, 1.807) is 0 Å². The number of nitrogens with one attached hydrogen (secondary N) is 1. The summed E-state index contributed by atoms with van der Waals surface area (Å²) in [5.41, 5.74) is 0. The van der Waals surface area contributed by atoms with Crippen molar-refractivity contribution < 1.29 is 14.7 Å². The van der Waals surface area contributed by atoms with Crippen molar-refractivity contribution in [2.45, 2.75) is 258 Å². The summed E-state index contributed by atoms with van der Waals surface area (Å²) in [6.07, 6.45) is 45.2. The second-order valence-corrected chi connectivity index (χ2v) is 15.0. The smallest absolute Gasteiger partial charge is 0.220 e. The Morgan fingerprint density at radius 1 is 0.404 bits per heavy atom. The maximum atomic E-state index is 12.1. The maximum absolute atomic E-state index is 12.1. The fourth-order valence-corrected chi connectivity index (χ4v) is 6.78. The van der Waals surface area contributed by atoms with Crippen LogP contribution in [-0.2, 0) is 9.59 Å². The van der Waals surface area contributed by atoms with Gasteiger partial charge in [-0.05, 0) is 25.7 Å². The zero-order valence-corrected chi connectivity index (χ0v) is 32.2. The molecule has 0 aromatic carbocycles. The molecule has 0 aliphatic rings. The lowest BCUT2D eigenvalue weighted by atomic mass is 10.0. The molecule has 1 amide bonds. The second-order valence-electron chi connectivity index (χ2n) is 15.0. The first-order valence-corrected chi connectivity index (χ1v) is 21.6. The molecule has 0 aliphatic heterocycles. The number of carbonyl (C=O) groups is 2. The summed E-state index contributed by atoms with van der Waals surface area (Å²) in [5.74, 6) is 0.557. The van der Waals surface area contributed by atoms with E-state index in [4.69, 9.17) is 0 Å². The summed E-state index contributed by atoms with van der Waals surface area (Å²) < 4.78 is 0. The van der Waals surface area contributed by atoms with Gasteiger partial charge in [0.25, 0.3) is 0 Å². The highest BCUT2D eigenvalue weighted by Crippen LogP contribution is 2.16. The van der Waals surface area contributed by atoms with Crippen LogP contribution in [0.5, 0.6) is 0 Å². The molecule has 0 heterocycles. The standard InChI is InChI=1S/C43H85NO3/c1-3-5-7-9-11-13-14-15-16-17-18-19-21-26-30-34-38-42(46)40-44-43(47)39-35-31-27-23-22-25-29-33-37-41(45)36-32-28-24-20-12-10-8-6-4-2/h42,46H,3-40H2,1-2H3,(H,44,47). The molecule has 47 heavy (non-hydrogen) atoms. The molecule has 2 N–H and O–H groups in total. The molecule has 1 atom stereocenters. The third-order valence-corrected chi connectivity index (χ3v) is 10.1. The van der Waals surface area contributed by atoms with Crippen LogP contribution in [-0.4, -0.2) is 29.4 Å². The minimum absolute atomic E-state index is 0.0862. The Bertz CT molecular complexity index is 637. The van der Waals surface area contributed by atoms with Gasteiger partial charge in [-0.15, -0.1) is 0 Å². The summed E-state index contributed by atoms with van der Waals surface area (Å²) in [5, 5.41) is 13.2. The topological polar surface area (TPSA) is 66.4 Å².